The maximum Gasteiger partial charge on any atom is 0.335 e. The van der Waals surface area contributed by atoms with E-state index in [9.17, 15) is 19.1 Å². The molecule has 0 atom stereocenters. The largest absolute Gasteiger partial charge is 0.489 e. The average Bonchev–Trinajstić information content (AvgIpc) is 3.13. The molecule has 0 radical (unpaired) electrons. The van der Waals surface area contributed by atoms with Gasteiger partial charge in [-0.25, -0.2) is 14.2 Å². The fraction of sp³-hybridized carbons (Fsp3) is 0.115. The van der Waals surface area contributed by atoms with Crippen molar-refractivity contribution in [1.29, 1.82) is 0 Å². The first-order chi connectivity index (χ1) is 16.4. The summed E-state index contributed by atoms with van der Waals surface area (Å²) < 4.78 is 18.7. The number of rotatable bonds is 7. The van der Waals surface area contributed by atoms with E-state index in [0.717, 1.165) is 11.1 Å². The third kappa shape index (κ3) is 5.52. The Bertz CT molecular complexity index is 1270. The molecule has 172 valence electrons. The number of thioether (sulfide) groups is 1. The summed E-state index contributed by atoms with van der Waals surface area (Å²) in [5.74, 6) is -0.816. The Labute approximate surface area is 200 Å². The Kier molecular flexibility index (Phi) is 7.08. The normalized spacial score (nSPS) is 15.8. The quantitative estimate of drug-likeness (QED) is 0.441. The third-order valence-corrected chi connectivity index (χ3v) is 6.03. The van der Waals surface area contributed by atoms with Crippen LogP contribution in [0, 0.1) is 5.82 Å². The topological polar surface area (TPSA) is 79.2 Å². The number of benzene rings is 3. The molecular formula is C26H21FN2O4S. The molecule has 0 unspecified atom stereocenters. The molecule has 1 amide bonds. The van der Waals surface area contributed by atoms with Gasteiger partial charge in [-0.2, -0.15) is 0 Å². The number of amides is 1. The molecule has 4 rings (SSSR count). The number of aliphatic imine (C=N–C) groups is 1. The fourth-order valence-corrected chi connectivity index (χ4v) is 4.31. The van der Waals surface area contributed by atoms with Crippen molar-refractivity contribution >= 4 is 40.6 Å². The van der Waals surface area contributed by atoms with Crippen LogP contribution in [0.4, 0.5) is 10.1 Å². The van der Waals surface area contributed by atoms with Crippen molar-refractivity contribution in [2.45, 2.75) is 13.5 Å². The minimum absolute atomic E-state index is 0.136. The third-order valence-electron chi connectivity index (χ3n) is 5.02. The van der Waals surface area contributed by atoms with Gasteiger partial charge >= 0.3 is 5.97 Å². The second-order valence-electron chi connectivity index (χ2n) is 7.39. The Morgan fingerprint density at radius 3 is 2.53 bits per heavy atom. The Morgan fingerprint density at radius 2 is 1.85 bits per heavy atom. The van der Waals surface area contributed by atoms with Gasteiger partial charge in [-0.15, -0.1) is 0 Å². The molecule has 0 saturated carbocycles. The van der Waals surface area contributed by atoms with Crippen LogP contribution in [-0.4, -0.2) is 33.6 Å². The maximum atomic E-state index is 13.0. The lowest BCUT2D eigenvalue weighted by atomic mass is 10.2. The average molecular weight is 477 g/mol. The van der Waals surface area contributed by atoms with Crippen molar-refractivity contribution in [3.8, 4) is 5.75 Å². The van der Waals surface area contributed by atoms with E-state index in [1.807, 2.05) is 31.2 Å². The molecule has 3 aromatic carbocycles. The summed E-state index contributed by atoms with van der Waals surface area (Å²) >= 11 is 1.25. The molecule has 34 heavy (non-hydrogen) atoms. The molecule has 1 aliphatic rings. The van der Waals surface area contributed by atoms with E-state index >= 15 is 0 Å². The molecule has 1 heterocycles. The Balaban J connectivity index is 1.48. The van der Waals surface area contributed by atoms with E-state index in [1.165, 1.54) is 36.0 Å². The van der Waals surface area contributed by atoms with Crippen molar-refractivity contribution in [2.24, 2.45) is 4.99 Å². The summed E-state index contributed by atoms with van der Waals surface area (Å²) in [6, 6.07) is 19.7. The van der Waals surface area contributed by atoms with E-state index < -0.39 is 5.97 Å². The number of carbonyl (C=O) groups is 2. The highest BCUT2D eigenvalue weighted by Crippen LogP contribution is 2.34. The number of hydrogen-bond acceptors (Lipinski definition) is 5. The molecule has 1 fully saturated rings. The first-order valence-electron chi connectivity index (χ1n) is 10.5. The molecule has 1 aliphatic heterocycles. The van der Waals surface area contributed by atoms with Crippen LogP contribution in [0.2, 0.25) is 0 Å². The lowest BCUT2D eigenvalue weighted by Gasteiger charge is -2.12. The number of ether oxygens (including phenoxy) is 1. The summed E-state index contributed by atoms with van der Waals surface area (Å²) in [4.78, 5) is 30.7. The molecule has 1 saturated heterocycles. The zero-order valence-corrected chi connectivity index (χ0v) is 19.1. The number of halogens is 1. The summed E-state index contributed by atoms with van der Waals surface area (Å²) in [6.07, 6.45) is 1.79. The van der Waals surface area contributed by atoms with Crippen LogP contribution in [0.5, 0.6) is 5.75 Å². The molecule has 0 aliphatic carbocycles. The van der Waals surface area contributed by atoms with Crippen LogP contribution in [0.15, 0.2) is 82.7 Å². The van der Waals surface area contributed by atoms with Crippen molar-refractivity contribution in [1.82, 2.24) is 4.90 Å². The summed E-state index contributed by atoms with van der Waals surface area (Å²) in [5.41, 5.74) is 2.30. The minimum Gasteiger partial charge on any atom is -0.489 e. The Hall–Kier alpha value is -3.91. The maximum absolute atomic E-state index is 13.0. The summed E-state index contributed by atoms with van der Waals surface area (Å²) in [7, 11) is 0. The van der Waals surface area contributed by atoms with Gasteiger partial charge in [0.15, 0.2) is 5.17 Å². The van der Waals surface area contributed by atoms with E-state index in [0.29, 0.717) is 34.7 Å². The highest BCUT2D eigenvalue weighted by molar-refractivity contribution is 8.18. The number of hydrogen-bond donors (Lipinski definition) is 1. The zero-order chi connectivity index (χ0) is 24.1. The number of carboxylic acid groups (broad SMARTS) is 1. The van der Waals surface area contributed by atoms with Gasteiger partial charge in [-0.3, -0.25) is 9.69 Å². The van der Waals surface area contributed by atoms with Crippen LogP contribution in [0.3, 0.4) is 0 Å². The van der Waals surface area contributed by atoms with Crippen molar-refractivity contribution in [3.05, 3.63) is 100 Å². The summed E-state index contributed by atoms with van der Waals surface area (Å²) in [6.45, 7) is 2.62. The van der Waals surface area contributed by atoms with Crippen molar-refractivity contribution < 1.29 is 23.8 Å². The lowest BCUT2D eigenvalue weighted by Crippen LogP contribution is -2.28. The zero-order valence-electron chi connectivity index (χ0n) is 18.3. The first kappa shape index (κ1) is 23.3. The van der Waals surface area contributed by atoms with E-state index in [4.69, 9.17) is 4.74 Å². The molecule has 0 spiro atoms. The van der Waals surface area contributed by atoms with Crippen molar-refractivity contribution in [2.75, 3.05) is 6.54 Å². The predicted octanol–water partition coefficient (Wildman–Crippen LogP) is 5.73. The van der Waals surface area contributed by atoms with E-state index in [1.54, 1.807) is 35.2 Å². The monoisotopic (exact) mass is 476 g/mol. The van der Waals surface area contributed by atoms with Crippen LogP contribution in [-0.2, 0) is 11.4 Å². The molecule has 8 heteroatoms. The van der Waals surface area contributed by atoms with Gasteiger partial charge in [0.2, 0.25) is 0 Å². The highest BCUT2D eigenvalue weighted by Gasteiger charge is 2.32. The number of nitrogens with zero attached hydrogens (tertiary/aromatic N) is 2. The van der Waals surface area contributed by atoms with Crippen LogP contribution < -0.4 is 4.74 Å². The molecule has 3 aromatic rings. The van der Waals surface area contributed by atoms with Gasteiger partial charge < -0.3 is 9.84 Å². The second kappa shape index (κ2) is 10.4. The first-order valence-corrected chi connectivity index (χ1v) is 11.4. The number of amidine groups is 1. The minimum atomic E-state index is -1.03. The molecule has 6 nitrogen and oxygen atoms in total. The summed E-state index contributed by atoms with van der Waals surface area (Å²) in [5, 5.41) is 9.69. The molecule has 1 N–H and O–H groups in total. The van der Waals surface area contributed by atoms with E-state index in [2.05, 4.69) is 4.99 Å². The number of aromatic carboxylic acids is 1. The van der Waals surface area contributed by atoms with Gasteiger partial charge in [0, 0.05) is 6.54 Å². The van der Waals surface area contributed by atoms with Crippen LogP contribution in [0.25, 0.3) is 6.08 Å². The number of likely N-dealkylation sites (N-methyl/N-ethyl adjacent to an activating group) is 1. The molecular weight excluding hydrogens is 455 g/mol. The fourth-order valence-electron chi connectivity index (χ4n) is 3.25. The lowest BCUT2D eigenvalue weighted by molar-refractivity contribution is -0.122. The van der Waals surface area contributed by atoms with Crippen molar-refractivity contribution in [3.63, 3.8) is 0 Å². The van der Waals surface area contributed by atoms with Gasteiger partial charge in [0.05, 0.1) is 16.2 Å². The molecule has 0 aromatic heterocycles. The van der Waals surface area contributed by atoms with Gasteiger partial charge in [0.1, 0.15) is 18.2 Å². The SMILES string of the molecule is CCN1C(=O)/C(=C\c2ccc(OCc3ccc(F)cc3)cc2)SC1=Nc1cccc(C(=O)O)c1. The predicted molar refractivity (Wildman–Crippen MR) is 131 cm³/mol. The van der Waals surface area contributed by atoms with Gasteiger partial charge in [-0.05, 0) is 78.4 Å². The highest BCUT2D eigenvalue weighted by atomic mass is 32.2. The number of carbonyl (C=O) groups excluding carboxylic acids is 1. The van der Waals surface area contributed by atoms with Gasteiger partial charge in [0.25, 0.3) is 5.91 Å². The smallest absolute Gasteiger partial charge is 0.335 e. The Morgan fingerprint density at radius 1 is 1.12 bits per heavy atom. The van der Waals surface area contributed by atoms with Gasteiger partial charge in [-0.1, -0.05) is 30.3 Å². The molecule has 0 bridgehead atoms. The number of carboxylic acids is 1. The second-order valence-corrected chi connectivity index (χ2v) is 8.40. The standard InChI is InChI=1S/C26H21FN2O4S/c1-2-29-24(30)23(34-26(29)28-21-5-3-4-19(15-21)25(31)32)14-17-8-12-22(13-9-17)33-16-18-6-10-20(27)11-7-18/h3-15H,2,16H2,1H3,(H,31,32)/b23-14+,28-26?. The van der Waals surface area contributed by atoms with E-state index in [-0.39, 0.29) is 17.3 Å². The van der Waals surface area contributed by atoms with Crippen LogP contribution in [0.1, 0.15) is 28.4 Å². The van der Waals surface area contributed by atoms with Crippen LogP contribution >= 0.6 is 11.8 Å².